The molecule has 2 saturated heterocycles. The number of rotatable bonds is 2. The number of carbonyl (C=O) groups excluding carboxylic acids is 2. The van der Waals surface area contributed by atoms with Crippen LogP contribution in [0.4, 0.5) is 9.18 Å². The topological polar surface area (TPSA) is 49.4 Å². The lowest BCUT2D eigenvalue weighted by molar-refractivity contribution is -0.132. The molecule has 2 fully saturated rings. The van der Waals surface area contributed by atoms with E-state index in [0.717, 1.165) is 16.4 Å². The molecule has 4 nitrogen and oxygen atoms in total. The van der Waals surface area contributed by atoms with E-state index >= 15 is 0 Å². The highest BCUT2D eigenvalue weighted by Crippen LogP contribution is 2.33. The number of carbonyl (C=O) groups is 2. The molecule has 2 heterocycles. The van der Waals surface area contributed by atoms with Crippen LogP contribution < -0.4 is 5.32 Å². The van der Waals surface area contributed by atoms with Crippen LogP contribution in [0.5, 0.6) is 0 Å². The van der Waals surface area contributed by atoms with Crippen LogP contribution in [0.15, 0.2) is 24.3 Å². The zero-order valence-electron chi connectivity index (χ0n) is 10.9. The summed E-state index contributed by atoms with van der Waals surface area (Å²) in [6.07, 6.45) is 1.30. The van der Waals surface area contributed by atoms with E-state index in [0.29, 0.717) is 18.4 Å². The van der Waals surface area contributed by atoms with Crippen molar-refractivity contribution < 1.29 is 14.0 Å². The van der Waals surface area contributed by atoms with Gasteiger partial charge >= 0.3 is 6.03 Å². The second-order valence-electron chi connectivity index (χ2n) is 5.11. The molecular formula is C14H15FN2O2S. The van der Waals surface area contributed by atoms with Gasteiger partial charge in [-0.25, -0.2) is 9.18 Å². The van der Waals surface area contributed by atoms with Gasteiger partial charge in [0.2, 0.25) is 0 Å². The SMILES string of the molecule is O=C1NC2(CCSCC2)C(=O)N1Cc1ccccc1F. The number of benzene rings is 1. The van der Waals surface area contributed by atoms with Gasteiger partial charge in [0, 0.05) is 5.56 Å². The zero-order valence-corrected chi connectivity index (χ0v) is 11.7. The molecule has 2 aliphatic heterocycles. The Labute approximate surface area is 120 Å². The number of hydrogen-bond donors (Lipinski definition) is 1. The number of amides is 3. The highest BCUT2D eigenvalue weighted by molar-refractivity contribution is 7.99. The summed E-state index contributed by atoms with van der Waals surface area (Å²) in [5.74, 6) is 1.11. The summed E-state index contributed by atoms with van der Waals surface area (Å²) < 4.78 is 13.7. The van der Waals surface area contributed by atoms with Crippen molar-refractivity contribution in [3.63, 3.8) is 0 Å². The smallest absolute Gasteiger partial charge is 0.323 e. The van der Waals surface area contributed by atoms with Crippen molar-refractivity contribution in [1.82, 2.24) is 10.2 Å². The van der Waals surface area contributed by atoms with Crippen molar-refractivity contribution >= 4 is 23.7 Å². The average Bonchev–Trinajstić information content (AvgIpc) is 2.66. The maximum Gasteiger partial charge on any atom is 0.325 e. The third-order valence-corrected chi connectivity index (χ3v) is 4.86. The predicted octanol–water partition coefficient (Wildman–Crippen LogP) is 2.14. The minimum Gasteiger partial charge on any atom is -0.323 e. The summed E-state index contributed by atoms with van der Waals surface area (Å²) in [7, 11) is 0. The molecule has 0 bridgehead atoms. The monoisotopic (exact) mass is 294 g/mol. The molecule has 0 radical (unpaired) electrons. The standard InChI is InChI=1S/C14H15FN2O2S/c15-11-4-2-1-3-10(11)9-17-12(18)14(16-13(17)19)5-7-20-8-6-14/h1-4H,5-9H2,(H,16,19). The molecular weight excluding hydrogens is 279 g/mol. The van der Waals surface area contributed by atoms with Crippen molar-refractivity contribution in [3.8, 4) is 0 Å². The molecule has 0 atom stereocenters. The van der Waals surface area contributed by atoms with Crippen LogP contribution in [0.3, 0.4) is 0 Å². The Kier molecular flexibility index (Phi) is 3.41. The molecule has 0 saturated carbocycles. The Balaban J connectivity index is 1.82. The fraction of sp³-hybridized carbons (Fsp3) is 0.429. The molecule has 106 valence electrons. The Bertz CT molecular complexity index is 558. The highest BCUT2D eigenvalue weighted by atomic mass is 32.2. The van der Waals surface area contributed by atoms with Crippen LogP contribution in [0.25, 0.3) is 0 Å². The molecule has 1 spiro atoms. The molecule has 0 unspecified atom stereocenters. The first-order valence-corrected chi connectivity index (χ1v) is 7.73. The van der Waals surface area contributed by atoms with Gasteiger partial charge in [-0.3, -0.25) is 9.69 Å². The average molecular weight is 294 g/mol. The van der Waals surface area contributed by atoms with Gasteiger partial charge in [0.1, 0.15) is 11.4 Å². The lowest BCUT2D eigenvalue weighted by Gasteiger charge is -2.30. The number of urea groups is 1. The predicted molar refractivity (Wildman–Crippen MR) is 74.8 cm³/mol. The summed E-state index contributed by atoms with van der Waals surface area (Å²) in [6.45, 7) is -0.00771. The summed E-state index contributed by atoms with van der Waals surface area (Å²) in [4.78, 5) is 25.7. The van der Waals surface area contributed by atoms with Crippen LogP contribution in [0.2, 0.25) is 0 Å². The van der Waals surface area contributed by atoms with Gasteiger partial charge in [-0.2, -0.15) is 11.8 Å². The van der Waals surface area contributed by atoms with E-state index in [1.54, 1.807) is 30.0 Å². The first kappa shape index (κ1) is 13.4. The Morgan fingerprint density at radius 1 is 1.25 bits per heavy atom. The quantitative estimate of drug-likeness (QED) is 0.850. The van der Waals surface area contributed by atoms with Gasteiger partial charge in [-0.05, 0) is 30.4 Å². The van der Waals surface area contributed by atoms with Crippen molar-refractivity contribution in [2.75, 3.05) is 11.5 Å². The largest absolute Gasteiger partial charge is 0.325 e. The fourth-order valence-corrected chi connectivity index (χ4v) is 3.87. The van der Waals surface area contributed by atoms with E-state index in [4.69, 9.17) is 0 Å². The van der Waals surface area contributed by atoms with E-state index in [2.05, 4.69) is 5.32 Å². The molecule has 6 heteroatoms. The molecule has 3 amide bonds. The number of nitrogens with one attached hydrogen (secondary N) is 1. The molecule has 1 aromatic carbocycles. The number of halogens is 1. The van der Waals surface area contributed by atoms with E-state index < -0.39 is 17.4 Å². The van der Waals surface area contributed by atoms with E-state index in [9.17, 15) is 14.0 Å². The molecule has 1 aromatic rings. The van der Waals surface area contributed by atoms with Gasteiger partial charge in [0.25, 0.3) is 5.91 Å². The van der Waals surface area contributed by atoms with Gasteiger partial charge in [0.15, 0.2) is 0 Å². The molecule has 0 aromatic heterocycles. The maximum absolute atomic E-state index is 13.7. The molecule has 2 aliphatic rings. The molecule has 1 N–H and O–H groups in total. The van der Waals surface area contributed by atoms with Gasteiger partial charge < -0.3 is 5.32 Å². The van der Waals surface area contributed by atoms with Crippen molar-refractivity contribution in [2.24, 2.45) is 0 Å². The van der Waals surface area contributed by atoms with Gasteiger partial charge in [0.05, 0.1) is 6.54 Å². The lowest BCUT2D eigenvalue weighted by atomic mass is 9.92. The minimum atomic E-state index is -0.756. The number of hydrogen-bond acceptors (Lipinski definition) is 3. The highest BCUT2D eigenvalue weighted by Gasteiger charge is 2.51. The van der Waals surface area contributed by atoms with Crippen molar-refractivity contribution in [1.29, 1.82) is 0 Å². The van der Waals surface area contributed by atoms with Crippen molar-refractivity contribution in [2.45, 2.75) is 24.9 Å². The summed E-state index contributed by atoms with van der Waals surface area (Å²) in [6, 6.07) is 5.80. The van der Waals surface area contributed by atoms with Crippen LogP contribution in [-0.4, -0.2) is 33.9 Å². The summed E-state index contributed by atoms with van der Waals surface area (Å²) >= 11 is 1.78. The minimum absolute atomic E-state index is 0.00771. The molecule has 3 rings (SSSR count). The fourth-order valence-electron chi connectivity index (χ4n) is 2.68. The molecule has 20 heavy (non-hydrogen) atoms. The van der Waals surface area contributed by atoms with Crippen LogP contribution >= 0.6 is 11.8 Å². The second kappa shape index (κ2) is 5.09. The number of imide groups is 1. The van der Waals surface area contributed by atoms with E-state index in [1.807, 2.05) is 0 Å². The third-order valence-electron chi connectivity index (χ3n) is 3.88. The number of thioether (sulfide) groups is 1. The summed E-state index contributed by atoms with van der Waals surface area (Å²) in [5, 5.41) is 2.81. The van der Waals surface area contributed by atoms with E-state index in [1.165, 1.54) is 6.07 Å². The van der Waals surface area contributed by atoms with Gasteiger partial charge in [-0.1, -0.05) is 18.2 Å². The summed E-state index contributed by atoms with van der Waals surface area (Å²) in [5.41, 5.74) is -0.397. The van der Waals surface area contributed by atoms with Crippen molar-refractivity contribution in [3.05, 3.63) is 35.6 Å². The maximum atomic E-state index is 13.7. The second-order valence-corrected chi connectivity index (χ2v) is 6.33. The first-order chi connectivity index (χ1) is 9.62. The first-order valence-electron chi connectivity index (χ1n) is 6.58. The van der Waals surface area contributed by atoms with Crippen LogP contribution in [-0.2, 0) is 11.3 Å². The van der Waals surface area contributed by atoms with Crippen LogP contribution in [0.1, 0.15) is 18.4 Å². The lowest BCUT2D eigenvalue weighted by Crippen LogP contribution is -2.49. The Morgan fingerprint density at radius 2 is 1.95 bits per heavy atom. The van der Waals surface area contributed by atoms with Crippen LogP contribution in [0, 0.1) is 5.82 Å². The third kappa shape index (κ3) is 2.18. The Morgan fingerprint density at radius 3 is 2.65 bits per heavy atom. The zero-order chi connectivity index (χ0) is 14.2. The van der Waals surface area contributed by atoms with Gasteiger partial charge in [-0.15, -0.1) is 0 Å². The number of nitrogens with zero attached hydrogens (tertiary/aromatic N) is 1. The Hall–Kier alpha value is -1.56. The normalized spacial score (nSPS) is 21.4. The van der Waals surface area contributed by atoms with E-state index in [-0.39, 0.29) is 12.5 Å². The molecule has 0 aliphatic carbocycles.